The highest BCUT2D eigenvalue weighted by molar-refractivity contribution is 5.95. The van der Waals surface area contributed by atoms with Gasteiger partial charge < -0.3 is 9.47 Å². The Labute approximate surface area is 147 Å². The molecule has 25 heavy (non-hydrogen) atoms. The number of aromatic nitrogens is 3. The van der Waals surface area contributed by atoms with E-state index in [1.807, 2.05) is 4.90 Å². The molecule has 5 heteroatoms. The molecule has 5 nitrogen and oxygen atoms in total. The first-order chi connectivity index (χ1) is 11.9. The van der Waals surface area contributed by atoms with Gasteiger partial charge >= 0.3 is 0 Å². The molecule has 0 saturated heterocycles. The van der Waals surface area contributed by atoms with Crippen molar-refractivity contribution in [3.8, 4) is 0 Å². The molecule has 0 saturated carbocycles. The first-order valence-corrected chi connectivity index (χ1v) is 8.85. The van der Waals surface area contributed by atoms with E-state index in [1.54, 1.807) is 6.20 Å². The lowest BCUT2D eigenvalue weighted by Crippen LogP contribution is -2.32. The van der Waals surface area contributed by atoms with Crippen LogP contribution in [0.5, 0.6) is 0 Å². The molecule has 1 aromatic carbocycles. The van der Waals surface area contributed by atoms with Crippen LogP contribution in [0.1, 0.15) is 48.9 Å². The third kappa shape index (κ3) is 2.73. The number of carbonyl (C=O) groups is 1. The van der Waals surface area contributed by atoms with E-state index in [0.717, 1.165) is 25.2 Å². The molecule has 1 N–H and O–H groups in total. The fourth-order valence-electron chi connectivity index (χ4n) is 3.72. The van der Waals surface area contributed by atoms with E-state index in [0.29, 0.717) is 12.1 Å². The molecule has 0 aliphatic carbocycles. The number of amides is 1. The first kappa shape index (κ1) is 15.9. The summed E-state index contributed by atoms with van der Waals surface area (Å²) in [5, 5.41) is 8.39. The quantitative estimate of drug-likeness (QED) is 0.736. The largest absolute Gasteiger partial charge is 0.343 e. The number of para-hydroxylation sites is 1. The van der Waals surface area contributed by atoms with E-state index in [9.17, 15) is 4.79 Å². The SMILES string of the molecule is CC(C)(C)c1[nH]ncc1C(=O)N1CCCn2c(cc3ccccc32)C1. The predicted octanol–water partition coefficient (Wildman–Crippen LogP) is 3.71. The van der Waals surface area contributed by atoms with Gasteiger partial charge in [-0.25, -0.2) is 0 Å². The molecular weight excluding hydrogens is 312 g/mol. The highest BCUT2D eigenvalue weighted by Gasteiger charge is 2.28. The van der Waals surface area contributed by atoms with Gasteiger partial charge in [-0.3, -0.25) is 9.89 Å². The second-order valence-electron chi connectivity index (χ2n) is 7.84. The Hall–Kier alpha value is -2.56. The minimum absolute atomic E-state index is 0.0670. The Kier molecular flexibility index (Phi) is 3.67. The van der Waals surface area contributed by atoms with Crippen LogP contribution in [0.2, 0.25) is 0 Å². The van der Waals surface area contributed by atoms with Crippen molar-refractivity contribution in [1.29, 1.82) is 0 Å². The summed E-state index contributed by atoms with van der Waals surface area (Å²) in [5.74, 6) is 0.0670. The predicted molar refractivity (Wildman–Crippen MR) is 98.6 cm³/mol. The molecule has 0 unspecified atom stereocenters. The molecule has 0 fully saturated rings. The van der Waals surface area contributed by atoms with Gasteiger partial charge in [0.25, 0.3) is 5.91 Å². The van der Waals surface area contributed by atoms with Crippen LogP contribution in [0.3, 0.4) is 0 Å². The summed E-state index contributed by atoms with van der Waals surface area (Å²) in [6.45, 7) is 8.64. The minimum atomic E-state index is -0.137. The molecule has 1 aliphatic rings. The van der Waals surface area contributed by atoms with Crippen molar-refractivity contribution in [2.75, 3.05) is 6.54 Å². The van der Waals surface area contributed by atoms with Crippen molar-refractivity contribution in [1.82, 2.24) is 19.7 Å². The van der Waals surface area contributed by atoms with Gasteiger partial charge in [-0.15, -0.1) is 0 Å². The Balaban J connectivity index is 1.68. The number of H-pyrrole nitrogens is 1. The van der Waals surface area contributed by atoms with Crippen molar-refractivity contribution >= 4 is 16.8 Å². The fourth-order valence-corrected chi connectivity index (χ4v) is 3.72. The van der Waals surface area contributed by atoms with Gasteiger partial charge in [0.1, 0.15) is 0 Å². The third-order valence-electron chi connectivity index (χ3n) is 4.97. The lowest BCUT2D eigenvalue weighted by atomic mass is 9.89. The van der Waals surface area contributed by atoms with E-state index in [-0.39, 0.29) is 11.3 Å². The first-order valence-electron chi connectivity index (χ1n) is 8.85. The van der Waals surface area contributed by atoms with Gasteiger partial charge in [0.05, 0.1) is 24.0 Å². The summed E-state index contributed by atoms with van der Waals surface area (Å²) in [6.07, 6.45) is 2.63. The van der Waals surface area contributed by atoms with Crippen LogP contribution in [-0.2, 0) is 18.5 Å². The van der Waals surface area contributed by atoms with Crippen LogP contribution in [0.15, 0.2) is 36.5 Å². The Morgan fingerprint density at radius 2 is 2.00 bits per heavy atom. The number of benzene rings is 1. The number of fused-ring (bicyclic) bond motifs is 3. The van der Waals surface area contributed by atoms with E-state index in [2.05, 4.69) is 65.9 Å². The zero-order valence-corrected chi connectivity index (χ0v) is 15.0. The summed E-state index contributed by atoms with van der Waals surface area (Å²) in [6, 6.07) is 10.6. The normalized spacial score (nSPS) is 15.2. The van der Waals surface area contributed by atoms with Gasteiger partial charge in [-0.1, -0.05) is 39.0 Å². The number of rotatable bonds is 1. The molecule has 0 spiro atoms. The lowest BCUT2D eigenvalue weighted by molar-refractivity contribution is 0.0743. The summed E-state index contributed by atoms with van der Waals surface area (Å²) in [4.78, 5) is 15.1. The highest BCUT2D eigenvalue weighted by Crippen LogP contribution is 2.27. The number of aryl methyl sites for hydroxylation is 1. The van der Waals surface area contributed by atoms with Gasteiger partial charge in [-0.05, 0) is 23.9 Å². The van der Waals surface area contributed by atoms with Gasteiger partial charge in [-0.2, -0.15) is 5.10 Å². The average Bonchev–Trinajstić information content (AvgIpc) is 3.13. The van der Waals surface area contributed by atoms with E-state index >= 15 is 0 Å². The van der Waals surface area contributed by atoms with Crippen LogP contribution >= 0.6 is 0 Å². The van der Waals surface area contributed by atoms with Crippen LogP contribution < -0.4 is 0 Å². The molecule has 3 heterocycles. The monoisotopic (exact) mass is 336 g/mol. The molecule has 3 aromatic rings. The highest BCUT2D eigenvalue weighted by atomic mass is 16.2. The number of nitrogens with zero attached hydrogens (tertiary/aromatic N) is 3. The topological polar surface area (TPSA) is 53.9 Å². The second kappa shape index (κ2) is 5.76. The smallest absolute Gasteiger partial charge is 0.257 e. The lowest BCUT2D eigenvalue weighted by Gasteiger charge is -2.23. The zero-order chi connectivity index (χ0) is 17.6. The zero-order valence-electron chi connectivity index (χ0n) is 15.0. The van der Waals surface area contributed by atoms with E-state index in [4.69, 9.17) is 0 Å². The Morgan fingerprint density at radius 3 is 2.80 bits per heavy atom. The van der Waals surface area contributed by atoms with Gasteiger partial charge in [0, 0.05) is 29.7 Å². The van der Waals surface area contributed by atoms with Crippen molar-refractivity contribution in [2.24, 2.45) is 0 Å². The maximum Gasteiger partial charge on any atom is 0.257 e. The third-order valence-corrected chi connectivity index (χ3v) is 4.97. The fraction of sp³-hybridized carbons (Fsp3) is 0.400. The molecular formula is C20H24N4O. The molecule has 1 amide bonds. The van der Waals surface area contributed by atoms with Crippen molar-refractivity contribution in [2.45, 2.75) is 45.7 Å². The number of aromatic amines is 1. The molecule has 4 rings (SSSR count). The average molecular weight is 336 g/mol. The number of nitrogens with one attached hydrogen (secondary N) is 1. The Morgan fingerprint density at radius 1 is 1.20 bits per heavy atom. The van der Waals surface area contributed by atoms with Crippen molar-refractivity contribution in [3.63, 3.8) is 0 Å². The molecule has 130 valence electrons. The molecule has 0 bridgehead atoms. The Bertz CT molecular complexity index is 929. The maximum atomic E-state index is 13.2. The maximum absolute atomic E-state index is 13.2. The van der Waals surface area contributed by atoms with Crippen molar-refractivity contribution in [3.05, 3.63) is 53.5 Å². The molecule has 0 radical (unpaired) electrons. The minimum Gasteiger partial charge on any atom is -0.343 e. The summed E-state index contributed by atoms with van der Waals surface area (Å²) in [7, 11) is 0. The summed E-state index contributed by atoms with van der Waals surface area (Å²) >= 11 is 0. The standard InChI is InChI=1S/C20H24N4O/c1-20(2,3)18-16(12-21-22-18)19(25)23-9-6-10-24-15(13-23)11-14-7-4-5-8-17(14)24/h4-5,7-8,11-12H,6,9-10,13H2,1-3H3,(H,21,22). The van der Waals surface area contributed by atoms with E-state index < -0.39 is 0 Å². The van der Waals surface area contributed by atoms with Crippen LogP contribution in [0.4, 0.5) is 0 Å². The van der Waals surface area contributed by atoms with Gasteiger partial charge in [0.15, 0.2) is 0 Å². The van der Waals surface area contributed by atoms with Crippen LogP contribution in [-0.4, -0.2) is 32.1 Å². The second-order valence-corrected chi connectivity index (χ2v) is 7.84. The number of hydrogen-bond acceptors (Lipinski definition) is 2. The summed E-state index contributed by atoms with van der Waals surface area (Å²) in [5.41, 5.74) is 3.92. The van der Waals surface area contributed by atoms with Crippen LogP contribution in [0.25, 0.3) is 10.9 Å². The van der Waals surface area contributed by atoms with Crippen LogP contribution in [0, 0.1) is 0 Å². The molecule has 2 aromatic heterocycles. The number of hydrogen-bond donors (Lipinski definition) is 1. The number of carbonyl (C=O) groups excluding carboxylic acids is 1. The summed E-state index contributed by atoms with van der Waals surface area (Å²) < 4.78 is 2.35. The molecule has 1 aliphatic heterocycles. The molecule has 0 atom stereocenters. The van der Waals surface area contributed by atoms with Gasteiger partial charge in [0.2, 0.25) is 0 Å². The van der Waals surface area contributed by atoms with E-state index in [1.165, 1.54) is 16.6 Å². The van der Waals surface area contributed by atoms with Crippen molar-refractivity contribution < 1.29 is 4.79 Å².